The van der Waals surface area contributed by atoms with E-state index in [1.54, 1.807) is 6.92 Å². The van der Waals surface area contributed by atoms with Gasteiger partial charge in [-0.25, -0.2) is 0 Å². The van der Waals surface area contributed by atoms with Gasteiger partial charge in [-0.05, 0) is 49.4 Å². The van der Waals surface area contributed by atoms with Crippen LogP contribution in [0.25, 0.3) is 0 Å². The van der Waals surface area contributed by atoms with E-state index in [1.165, 1.54) is 11.1 Å². The molecule has 1 fully saturated rings. The van der Waals surface area contributed by atoms with Gasteiger partial charge >= 0.3 is 0 Å². The first-order valence-electron chi connectivity index (χ1n) is 8.77. The summed E-state index contributed by atoms with van der Waals surface area (Å²) in [5.74, 6) is 0.623. The zero-order chi connectivity index (χ0) is 18.2. The van der Waals surface area contributed by atoms with Crippen molar-refractivity contribution in [1.29, 1.82) is 0 Å². The molecule has 134 valence electrons. The molecule has 1 heterocycles. The van der Waals surface area contributed by atoms with Gasteiger partial charge in [-0.3, -0.25) is 4.79 Å². The molecule has 0 bridgehead atoms. The number of aliphatic hydroxyl groups excluding tert-OH is 1. The molecule has 0 radical (unpaired) electrons. The highest BCUT2D eigenvalue weighted by atomic mass is 79.9. The average Bonchev–Trinajstić information content (AvgIpc) is 2.63. The van der Waals surface area contributed by atoms with E-state index in [0.29, 0.717) is 12.3 Å². The summed E-state index contributed by atoms with van der Waals surface area (Å²) >= 11 is 3.46. The summed E-state index contributed by atoms with van der Waals surface area (Å²) in [7, 11) is 0. The van der Waals surface area contributed by atoms with Gasteiger partial charge in [0.2, 0.25) is 5.91 Å². The topological polar surface area (TPSA) is 40.5 Å². The number of rotatable bonds is 3. The number of hydrogen-bond donors (Lipinski definition) is 1. The predicted octanol–water partition coefficient (Wildman–Crippen LogP) is 4.91. The summed E-state index contributed by atoms with van der Waals surface area (Å²) in [5.41, 5.74) is 2.47. The third-order valence-electron chi connectivity index (χ3n) is 4.55. The summed E-state index contributed by atoms with van der Waals surface area (Å²) in [6, 6.07) is 18.8. The summed E-state index contributed by atoms with van der Waals surface area (Å²) in [4.78, 5) is 14.6. The SMILES string of the molecule is CC(c1ccc(Br)cc1)N1CCC(c2ccccc2)CC1=O.CCO. The first-order valence-corrected chi connectivity index (χ1v) is 9.56. The lowest BCUT2D eigenvalue weighted by atomic mass is 9.88. The molecule has 3 nitrogen and oxygen atoms in total. The van der Waals surface area contributed by atoms with E-state index in [-0.39, 0.29) is 18.6 Å². The van der Waals surface area contributed by atoms with Crippen molar-refractivity contribution >= 4 is 21.8 Å². The van der Waals surface area contributed by atoms with E-state index in [1.807, 2.05) is 23.1 Å². The molecule has 2 atom stereocenters. The standard InChI is InChI=1S/C19H20BrNO.C2H6O/c1-14(15-7-9-18(20)10-8-15)21-12-11-17(13-19(21)22)16-5-3-2-4-6-16;1-2-3/h2-10,14,17H,11-13H2,1H3;3H,2H2,1H3. The van der Waals surface area contributed by atoms with Gasteiger partial charge in [0.05, 0.1) is 6.04 Å². The molecule has 2 aromatic carbocycles. The molecule has 1 amide bonds. The van der Waals surface area contributed by atoms with Crippen LogP contribution in [-0.4, -0.2) is 29.1 Å². The van der Waals surface area contributed by atoms with Gasteiger partial charge < -0.3 is 10.0 Å². The van der Waals surface area contributed by atoms with Crippen LogP contribution in [0.2, 0.25) is 0 Å². The van der Waals surface area contributed by atoms with Gasteiger partial charge in [0.15, 0.2) is 0 Å². The highest BCUT2D eigenvalue weighted by Gasteiger charge is 2.30. The Balaban J connectivity index is 0.000000701. The second-order valence-corrected chi connectivity index (χ2v) is 7.15. The molecule has 0 saturated carbocycles. The van der Waals surface area contributed by atoms with E-state index in [9.17, 15) is 4.79 Å². The maximum Gasteiger partial charge on any atom is 0.223 e. The van der Waals surface area contributed by atoms with Crippen LogP contribution in [0.1, 0.15) is 49.8 Å². The van der Waals surface area contributed by atoms with Crippen LogP contribution in [0.15, 0.2) is 59.1 Å². The summed E-state index contributed by atoms with van der Waals surface area (Å²) < 4.78 is 1.07. The van der Waals surface area contributed by atoms with Crippen molar-refractivity contribution in [3.63, 3.8) is 0 Å². The molecular formula is C21H26BrNO2. The van der Waals surface area contributed by atoms with Gasteiger partial charge in [0.25, 0.3) is 0 Å². The van der Waals surface area contributed by atoms with Gasteiger partial charge in [0, 0.05) is 24.0 Å². The zero-order valence-corrected chi connectivity index (χ0v) is 16.4. The van der Waals surface area contributed by atoms with Crippen LogP contribution in [-0.2, 0) is 4.79 Å². The molecule has 1 aliphatic rings. The summed E-state index contributed by atoms with van der Waals surface area (Å²) in [6.07, 6.45) is 1.65. The molecule has 2 aromatic rings. The van der Waals surface area contributed by atoms with E-state index in [4.69, 9.17) is 5.11 Å². The van der Waals surface area contributed by atoms with Crippen LogP contribution in [0.5, 0.6) is 0 Å². The molecule has 4 heteroatoms. The highest BCUT2D eigenvalue weighted by molar-refractivity contribution is 9.10. The highest BCUT2D eigenvalue weighted by Crippen LogP contribution is 2.33. The third-order valence-corrected chi connectivity index (χ3v) is 5.08. The number of likely N-dealkylation sites (tertiary alicyclic amines) is 1. The Kier molecular flexibility index (Phi) is 7.66. The molecule has 0 aliphatic carbocycles. The van der Waals surface area contributed by atoms with Crippen LogP contribution >= 0.6 is 15.9 Å². The predicted molar refractivity (Wildman–Crippen MR) is 105 cm³/mol. The van der Waals surface area contributed by atoms with Crippen LogP contribution in [0.4, 0.5) is 0 Å². The van der Waals surface area contributed by atoms with E-state index < -0.39 is 0 Å². The summed E-state index contributed by atoms with van der Waals surface area (Å²) in [5, 5.41) is 7.57. The lowest BCUT2D eigenvalue weighted by Gasteiger charge is -2.36. The van der Waals surface area contributed by atoms with E-state index in [2.05, 4.69) is 59.3 Å². The fourth-order valence-corrected chi connectivity index (χ4v) is 3.45. The summed E-state index contributed by atoms with van der Waals surface area (Å²) in [6.45, 7) is 4.87. The zero-order valence-electron chi connectivity index (χ0n) is 14.9. The molecule has 25 heavy (non-hydrogen) atoms. The Labute approximate surface area is 158 Å². The minimum absolute atomic E-state index is 0.136. The lowest BCUT2D eigenvalue weighted by molar-refractivity contribution is -0.136. The molecule has 0 aromatic heterocycles. The second kappa shape index (κ2) is 9.73. The van der Waals surface area contributed by atoms with Gasteiger partial charge in [-0.15, -0.1) is 0 Å². The Morgan fingerprint density at radius 1 is 1.16 bits per heavy atom. The lowest BCUT2D eigenvalue weighted by Crippen LogP contribution is -2.39. The Morgan fingerprint density at radius 3 is 2.32 bits per heavy atom. The fraction of sp³-hybridized carbons (Fsp3) is 0.381. The van der Waals surface area contributed by atoms with E-state index >= 15 is 0 Å². The minimum atomic E-state index is 0.136. The molecule has 1 saturated heterocycles. The van der Waals surface area contributed by atoms with Crippen molar-refractivity contribution in [2.75, 3.05) is 13.2 Å². The largest absolute Gasteiger partial charge is 0.397 e. The van der Waals surface area contributed by atoms with Crippen molar-refractivity contribution in [2.24, 2.45) is 0 Å². The number of aliphatic hydroxyl groups is 1. The number of nitrogens with zero attached hydrogens (tertiary/aromatic N) is 1. The maximum absolute atomic E-state index is 12.6. The second-order valence-electron chi connectivity index (χ2n) is 6.23. The third kappa shape index (κ3) is 5.41. The monoisotopic (exact) mass is 403 g/mol. The molecule has 3 rings (SSSR count). The van der Waals surface area contributed by atoms with Gasteiger partial charge in [-0.1, -0.05) is 58.4 Å². The smallest absolute Gasteiger partial charge is 0.223 e. The van der Waals surface area contributed by atoms with E-state index in [0.717, 1.165) is 17.4 Å². The quantitative estimate of drug-likeness (QED) is 0.789. The minimum Gasteiger partial charge on any atom is -0.397 e. The Bertz CT molecular complexity index is 657. The van der Waals surface area contributed by atoms with Crippen LogP contribution in [0, 0.1) is 0 Å². The van der Waals surface area contributed by atoms with Crippen LogP contribution in [0.3, 0.4) is 0 Å². The molecule has 1 N–H and O–H groups in total. The number of benzene rings is 2. The van der Waals surface area contributed by atoms with Crippen LogP contribution < -0.4 is 0 Å². The van der Waals surface area contributed by atoms with Crippen molar-refractivity contribution in [2.45, 2.75) is 38.6 Å². The van der Waals surface area contributed by atoms with Gasteiger partial charge in [0.1, 0.15) is 0 Å². The molecule has 2 unspecified atom stereocenters. The number of hydrogen-bond acceptors (Lipinski definition) is 2. The first-order chi connectivity index (χ1) is 12.1. The van der Waals surface area contributed by atoms with Crippen molar-refractivity contribution in [3.8, 4) is 0 Å². The number of carbonyl (C=O) groups excluding carboxylic acids is 1. The first kappa shape index (κ1) is 19.7. The van der Waals surface area contributed by atoms with Crippen molar-refractivity contribution in [3.05, 3.63) is 70.2 Å². The number of halogens is 1. The average molecular weight is 404 g/mol. The molecular weight excluding hydrogens is 378 g/mol. The van der Waals surface area contributed by atoms with Crippen molar-refractivity contribution < 1.29 is 9.90 Å². The maximum atomic E-state index is 12.6. The van der Waals surface area contributed by atoms with Gasteiger partial charge in [-0.2, -0.15) is 0 Å². The molecule has 0 spiro atoms. The van der Waals surface area contributed by atoms with Crippen molar-refractivity contribution in [1.82, 2.24) is 4.90 Å². The number of amides is 1. The Morgan fingerprint density at radius 2 is 1.76 bits per heavy atom. The Hall–Kier alpha value is -1.65. The molecule has 1 aliphatic heterocycles. The normalized spacial score (nSPS) is 18.3. The number of carbonyl (C=O) groups is 1. The number of piperidine rings is 1. The fourth-order valence-electron chi connectivity index (χ4n) is 3.19.